The number of para-hydroxylation sites is 1. The predicted octanol–water partition coefficient (Wildman–Crippen LogP) is 2.23. The van der Waals surface area contributed by atoms with Crippen LogP contribution in [0.2, 0.25) is 0 Å². The van der Waals surface area contributed by atoms with Crippen molar-refractivity contribution >= 4 is 22.7 Å². The van der Waals surface area contributed by atoms with E-state index in [-0.39, 0.29) is 12.0 Å². The maximum atomic E-state index is 12.6. The molecule has 0 spiro atoms. The molecule has 3 heterocycles. The lowest BCUT2D eigenvalue weighted by Crippen LogP contribution is -2.46. The van der Waals surface area contributed by atoms with E-state index in [1.54, 1.807) is 6.33 Å². The minimum absolute atomic E-state index is 0.103. The lowest BCUT2D eigenvalue weighted by molar-refractivity contribution is -0.150. The summed E-state index contributed by atoms with van der Waals surface area (Å²) in [7, 11) is 0. The first-order valence-electron chi connectivity index (χ1n) is 9.76. The molecule has 0 aliphatic carbocycles. The van der Waals surface area contributed by atoms with E-state index in [4.69, 9.17) is 9.47 Å². The molecule has 0 bridgehead atoms. The second kappa shape index (κ2) is 8.63. The topological polar surface area (TPSA) is 76.6 Å². The van der Waals surface area contributed by atoms with Crippen LogP contribution >= 0.6 is 0 Å². The Morgan fingerprint density at radius 1 is 1.22 bits per heavy atom. The van der Waals surface area contributed by atoms with Gasteiger partial charge in [0, 0.05) is 24.6 Å². The standard InChI is InChI=1S/C20H26N4O3/c25-20(18-6-3-10-24(18)15-7-11-26-12-8-15)27-13-9-21-19-16-4-1-2-5-17(16)22-14-23-19/h1-2,4-5,14-15,18H,3,6-13H2,(H,21,22,23). The van der Waals surface area contributed by atoms with Crippen molar-refractivity contribution in [1.29, 1.82) is 0 Å². The van der Waals surface area contributed by atoms with E-state index in [1.807, 2.05) is 24.3 Å². The third-order valence-electron chi connectivity index (χ3n) is 5.41. The summed E-state index contributed by atoms with van der Waals surface area (Å²) in [5.74, 6) is 0.662. The molecular weight excluding hydrogens is 344 g/mol. The van der Waals surface area contributed by atoms with Gasteiger partial charge in [0.15, 0.2) is 0 Å². The highest BCUT2D eigenvalue weighted by Gasteiger charge is 2.36. The number of carbonyl (C=O) groups excluding carboxylic acids is 1. The van der Waals surface area contributed by atoms with E-state index < -0.39 is 0 Å². The number of anilines is 1. The van der Waals surface area contributed by atoms with Gasteiger partial charge < -0.3 is 14.8 Å². The van der Waals surface area contributed by atoms with E-state index >= 15 is 0 Å². The summed E-state index contributed by atoms with van der Waals surface area (Å²) in [6, 6.07) is 8.19. The number of aromatic nitrogens is 2. The largest absolute Gasteiger partial charge is 0.463 e. The average molecular weight is 370 g/mol. The number of benzene rings is 1. The number of carbonyl (C=O) groups is 1. The number of ether oxygens (including phenoxy) is 2. The number of hydrogen-bond acceptors (Lipinski definition) is 7. The van der Waals surface area contributed by atoms with Crippen LogP contribution in [0.5, 0.6) is 0 Å². The molecule has 0 radical (unpaired) electrons. The van der Waals surface area contributed by atoms with Crippen LogP contribution < -0.4 is 5.32 Å². The fraction of sp³-hybridized carbons (Fsp3) is 0.550. The first kappa shape index (κ1) is 18.1. The van der Waals surface area contributed by atoms with E-state index in [9.17, 15) is 4.79 Å². The van der Waals surface area contributed by atoms with E-state index in [0.717, 1.165) is 62.2 Å². The highest BCUT2D eigenvalue weighted by Crippen LogP contribution is 2.26. The van der Waals surface area contributed by atoms with Gasteiger partial charge >= 0.3 is 5.97 Å². The third kappa shape index (κ3) is 4.20. The zero-order valence-corrected chi connectivity index (χ0v) is 15.5. The molecule has 2 aromatic rings. The van der Waals surface area contributed by atoms with Crippen molar-refractivity contribution in [3.63, 3.8) is 0 Å². The van der Waals surface area contributed by atoms with Gasteiger partial charge in [0.05, 0.1) is 12.1 Å². The minimum atomic E-state index is -0.104. The molecule has 2 saturated heterocycles. The van der Waals surface area contributed by atoms with Gasteiger partial charge in [-0.25, -0.2) is 9.97 Å². The summed E-state index contributed by atoms with van der Waals surface area (Å²) in [4.78, 5) is 23.4. The second-order valence-electron chi connectivity index (χ2n) is 7.07. The van der Waals surface area contributed by atoms with Crippen LogP contribution in [-0.2, 0) is 14.3 Å². The van der Waals surface area contributed by atoms with Gasteiger partial charge in [0.2, 0.25) is 0 Å². The molecule has 2 fully saturated rings. The number of fused-ring (bicyclic) bond motifs is 1. The van der Waals surface area contributed by atoms with Crippen molar-refractivity contribution in [1.82, 2.24) is 14.9 Å². The Kier molecular flexibility index (Phi) is 5.79. The Hall–Kier alpha value is -2.25. The molecule has 1 atom stereocenters. The molecule has 1 aromatic carbocycles. The molecular formula is C20H26N4O3. The lowest BCUT2D eigenvalue weighted by atomic mass is 10.1. The molecule has 4 rings (SSSR count). The van der Waals surface area contributed by atoms with Gasteiger partial charge in [0.1, 0.15) is 24.8 Å². The number of rotatable bonds is 6. The Morgan fingerprint density at radius 3 is 2.96 bits per heavy atom. The molecule has 7 heteroatoms. The smallest absolute Gasteiger partial charge is 0.323 e. The number of likely N-dealkylation sites (tertiary alicyclic amines) is 1. The molecule has 1 unspecified atom stereocenters. The zero-order chi connectivity index (χ0) is 18.5. The molecule has 7 nitrogen and oxygen atoms in total. The van der Waals surface area contributed by atoms with Crippen LogP contribution in [0.25, 0.3) is 10.9 Å². The van der Waals surface area contributed by atoms with E-state index in [1.165, 1.54) is 0 Å². The van der Waals surface area contributed by atoms with E-state index in [0.29, 0.717) is 19.2 Å². The first-order chi connectivity index (χ1) is 13.3. The van der Waals surface area contributed by atoms with Crippen LogP contribution in [-0.4, -0.2) is 65.8 Å². The maximum absolute atomic E-state index is 12.6. The monoisotopic (exact) mass is 370 g/mol. The number of hydrogen-bond donors (Lipinski definition) is 1. The second-order valence-corrected chi connectivity index (χ2v) is 7.07. The van der Waals surface area contributed by atoms with Crippen molar-refractivity contribution in [3.05, 3.63) is 30.6 Å². The van der Waals surface area contributed by atoms with Crippen LogP contribution in [0.3, 0.4) is 0 Å². The fourth-order valence-electron chi connectivity index (χ4n) is 4.06. The molecule has 2 aliphatic heterocycles. The van der Waals surface area contributed by atoms with Crippen molar-refractivity contribution in [3.8, 4) is 0 Å². The van der Waals surface area contributed by atoms with Gasteiger partial charge in [0.25, 0.3) is 0 Å². The number of nitrogens with one attached hydrogen (secondary N) is 1. The summed E-state index contributed by atoms with van der Waals surface area (Å²) in [6.45, 7) is 3.42. The van der Waals surface area contributed by atoms with Crippen molar-refractivity contribution < 1.29 is 14.3 Å². The number of esters is 1. The quantitative estimate of drug-likeness (QED) is 0.617. The average Bonchev–Trinajstić information content (AvgIpc) is 3.22. The summed E-state index contributed by atoms with van der Waals surface area (Å²) < 4.78 is 11.0. The third-order valence-corrected chi connectivity index (χ3v) is 5.41. The van der Waals surface area contributed by atoms with Gasteiger partial charge in [-0.05, 0) is 44.4 Å². The van der Waals surface area contributed by atoms with Crippen LogP contribution in [0.15, 0.2) is 30.6 Å². The highest BCUT2D eigenvalue weighted by molar-refractivity contribution is 5.88. The normalized spacial score (nSPS) is 21.4. The van der Waals surface area contributed by atoms with Gasteiger partial charge in [-0.3, -0.25) is 9.69 Å². The van der Waals surface area contributed by atoms with Crippen molar-refractivity contribution in [2.45, 2.75) is 37.8 Å². The van der Waals surface area contributed by atoms with Crippen LogP contribution in [0.1, 0.15) is 25.7 Å². The zero-order valence-electron chi connectivity index (χ0n) is 15.5. The first-order valence-corrected chi connectivity index (χ1v) is 9.76. The van der Waals surface area contributed by atoms with Crippen LogP contribution in [0.4, 0.5) is 5.82 Å². The highest BCUT2D eigenvalue weighted by atomic mass is 16.5. The Labute approximate surface area is 159 Å². The van der Waals surface area contributed by atoms with Crippen molar-refractivity contribution in [2.24, 2.45) is 0 Å². The van der Waals surface area contributed by atoms with Gasteiger partial charge in [-0.15, -0.1) is 0 Å². The summed E-state index contributed by atoms with van der Waals surface area (Å²) >= 11 is 0. The van der Waals surface area contributed by atoms with Crippen molar-refractivity contribution in [2.75, 3.05) is 38.2 Å². The maximum Gasteiger partial charge on any atom is 0.323 e. The minimum Gasteiger partial charge on any atom is -0.463 e. The summed E-state index contributed by atoms with van der Waals surface area (Å²) in [6.07, 6.45) is 5.50. The molecule has 1 N–H and O–H groups in total. The van der Waals surface area contributed by atoms with Gasteiger partial charge in [-0.2, -0.15) is 0 Å². The Morgan fingerprint density at radius 2 is 2.07 bits per heavy atom. The number of nitrogens with zero attached hydrogens (tertiary/aromatic N) is 3. The predicted molar refractivity (Wildman–Crippen MR) is 103 cm³/mol. The Balaban J connectivity index is 1.28. The molecule has 1 aromatic heterocycles. The summed E-state index contributed by atoms with van der Waals surface area (Å²) in [5, 5.41) is 4.22. The lowest BCUT2D eigenvalue weighted by Gasteiger charge is -2.34. The molecule has 27 heavy (non-hydrogen) atoms. The Bertz CT molecular complexity index is 773. The van der Waals surface area contributed by atoms with E-state index in [2.05, 4.69) is 20.2 Å². The van der Waals surface area contributed by atoms with Gasteiger partial charge in [-0.1, -0.05) is 12.1 Å². The molecule has 0 amide bonds. The summed E-state index contributed by atoms with van der Waals surface area (Å²) in [5.41, 5.74) is 0.894. The SMILES string of the molecule is O=C(OCCNc1ncnc2ccccc12)C1CCCN1C1CCOCC1. The molecule has 0 saturated carbocycles. The fourth-order valence-corrected chi connectivity index (χ4v) is 4.06. The van der Waals surface area contributed by atoms with Crippen LogP contribution in [0, 0.1) is 0 Å². The molecule has 2 aliphatic rings. The molecule has 144 valence electrons.